The van der Waals surface area contributed by atoms with Gasteiger partial charge in [-0.25, -0.2) is 8.78 Å². The highest BCUT2D eigenvalue weighted by Gasteiger charge is 2.37. The minimum atomic E-state index is -2.48. The van der Waals surface area contributed by atoms with E-state index >= 15 is 0 Å². The zero-order valence-electron chi connectivity index (χ0n) is 17.9. The highest BCUT2D eigenvalue weighted by atomic mass is 19.3. The summed E-state index contributed by atoms with van der Waals surface area (Å²) in [6, 6.07) is 15.1. The van der Waals surface area contributed by atoms with Crippen molar-refractivity contribution in [1.82, 2.24) is 15.2 Å². The number of H-pyrrole nitrogens is 1. The minimum absolute atomic E-state index is 0.333. The van der Waals surface area contributed by atoms with Crippen molar-refractivity contribution in [2.75, 3.05) is 32.9 Å². The number of benzene rings is 2. The molecule has 172 valence electrons. The van der Waals surface area contributed by atoms with Crippen molar-refractivity contribution < 1.29 is 17.9 Å². The van der Waals surface area contributed by atoms with E-state index in [1.165, 1.54) is 0 Å². The normalized spacial score (nSPS) is 18.9. The van der Waals surface area contributed by atoms with Crippen LogP contribution in [0.5, 0.6) is 5.75 Å². The van der Waals surface area contributed by atoms with Gasteiger partial charge in [-0.2, -0.15) is 0 Å². The maximum absolute atomic E-state index is 13.4. The number of aromatic amines is 1. The number of nitrogens with zero attached hydrogens (tertiary/aromatic N) is 1. The number of alkyl halides is 3. The van der Waals surface area contributed by atoms with E-state index in [4.69, 9.17) is 10.5 Å². The molecule has 1 aromatic heterocycles. The Labute approximate surface area is 185 Å². The summed E-state index contributed by atoms with van der Waals surface area (Å²) >= 11 is 0. The third-order valence-electron chi connectivity index (χ3n) is 5.87. The average Bonchev–Trinajstić information content (AvgIpc) is 3.15. The Morgan fingerprint density at radius 2 is 1.91 bits per heavy atom. The van der Waals surface area contributed by atoms with Crippen LogP contribution in [0.25, 0.3) is 10.9 Å². The van der Waals surface area contributed by atoms with Crippen molar-refractivity contribution in [2.24, 2.45) is 5.73 Å². The summed E-state index contributed by atoms with van der Waals surface area (Å²) in [6.45, 7) is 0.973. The van der Waals surface area contributed by atoms with Gasteiger partial charge in [0.2, 0.25) is 0 Å². The van der Waals surface area contributed by atoms with Gasteiger partial charge in [0.25, 0.3) is 6.43 Å². The van der Waals surface area contributed by atoms with E-state index in [1.54, 1.807) is 4.90 Å². The first-order chi connectivity index (χ1) is 15.6. The number of aromatic nitrogens is 1. The molecule has 2 heterocycles. The molecule has 5 nitrogen and oxygen atoms in total. The molecule has 0 amide bonds. The van der Waals surface area contributed by atoms with Crippen molar-refractivity contribution in [1.29, 1.82) is 0 Å². The van der Waals surface area contributed by atoms with Gasteiger partial charge in [0, 0.05) is 29.6 Å². The number of hydrogen-bond acceptors (Lipinski definition) is 4. The maximum atomic E-state index is 13.4. The van der Waals surface area contributed by atoms with Crippen LogP contribution >= 0.6 is 0 Å². The molecule has 0 fully saturated rings. The molecule has 0 aliphatic carbocycles. The molecule has 0 spiro atoms. The fourth-order valence-electron chi connectivity index (χ4n) is 4.42. The standard InChI is InChI=1S/C24H29F3N4O/c25-10-3-11-29-12-13-32-17-8-6-16(7-9-17)24-23-19(14-22(28)31(24)15-21(26)27)18-4-1-2-5-20(18)30-23/h1-2,4-9,21-22,24,29-30H,3,10-15,28H2/t22-,24+/m0/s1. The van der Waals surface area contributed by atoms with E-state index in [-0.39, 0.29) is 6.67 Å². The summed E-state index contributed by atoms with van der Waals surface area (Å²) in [5.41, 5.74) is 10.2. The lowest BCUT2D eigenvalue weighted by Crippen LogP contribution is -2.51. The van der Waals surface area contributed by atoms with Gasteiger partial charge in [-0.15, -0.1) is 0 Å². The molecule has 0 bridgehead atoms. The first kappa shape index (κ1) is 22.6. The maximum Gasteiger partial charge on any atom is 0.251 e. The van der Waals surface area contributed by atoms with Gasteiger partial charge in [-0.1, -0.05) is 30.3 Å². The van der Waals surface area contributed by atoms with E-state index < -0.39 is 25.2 Å². The second-order valence-electron chi connectivity index (χ2n) is 8.03. The fourth-order valence-corrected chi connectivity index (χ4v) is 4.42. The van der Waals surface area contributed by atoms with Gasteiger partial charge in [-0.05, 0) is 42.3 Å². The van der Waals surface area contributed by atoms with Gasteiger partial charge >= 0.3 is 0 Å². The predicted octanol–water partition coefficient (Wildman–Crippen LogP) is 3.99. The number of para-hydroxylation sites is 1. The molecule has 2 aromatic carbocycles. The van der Waals surface area contributed by atoms with E-state index in [2.05, 4.69) is 10.3 Å². The second-order valence-corrected chi connectivity index (χ2v) is 8.03. The minimum Gasteiger partial charge on any atom is -0.492 e. The molecule has 1 aliphatic rings. The van der Waals surface area contributed by atoms with E-state index in [0.717, 1.165) is 27.7 Å². The third-order valence-corrected chi connectivity index (χ3v) is 5.87. The molecule has 0 saturated carbocycles. The number of hydrogen-bond donors (Lipinski definition) is 3. The number of rotatable bonds is 10. The Bertz CT molecular complexity index is 1010. The van der Waals surface area contributed by atoms with Crippen LogP contribution in [0.3, 0.4) is 0 Å². The monoisotopic (exact) mass is 446 g/mol. The first-order valence-corrected chi connectivity index (χ1v) is 11.0. The van der Waals surface area contributed by atoms with Crippen LogP contribution < -0.4 is 15.8 Å². The van der Waals surface area contributed by atoms with Crippen molar-refractivity contribution in [3.05, 3.63) is 65.4 Å². The predicted molar refractivity (Wildman–Crippen MR) is 120 cm³/mol. The summed E-state index contributed by atoms with van der Waals surface area (Å²) in [6.07, 6.45) is -1.99. The molecule has 4 N–H and O–H groups in total. The van der Waals surface area contributed by atoms with E-state index in [1.807, 2.05) is 48.5 Å². The average molecular weight is 447 g/mol. The van der Waals surface area contributed by atoms with Crippen molar-refractivity contribution in [3.8, 4) is 5.75 Å². The fraction of sp³-hybridized carbons (Fsp3) is 0.417. The van der Waals surface area contributed by atoms with Gasteiger partial charge in [0.05, 0.1) is 25.4 Å². The number of ether oxygens (including phenoxy) is 1. The zero-order valence-corrected chi connectivity index (χ0v) is 17.9. The molecular formula is C24H29F3N4O. The lowest BCUT2D eigenvalue weighted by Gasteiger charge is -2.40. The van der Waals surface area contributed by atoms with Gasteiger partial charge in [0.1, 0.15) is 12.4 Å². The van der Waals surface area contributed by atoms with Crippen molar-refractivity contribution in [3.63, 3.8) is 0 Å². The molecule has 4 rings (SSSR count). The van der Waals surface area contributed by atoms with Crippen LogP contribution in [0.4, 0.5) is 13.2 Å². The van der Waals surface area contributed by atoms with Crippen LogP contribution in [-0.4, -0.2) is 55.4 Å². The molecule has 0 radical (unpaired) electrons. The lowest BCUT2D eigenvalue weighted by atomic mass is 9.90. The first-order valence-electron chi connectivity index (χ1n) is 11.0. The quantitative estimate of drug-likeness (QED) is 0.412. The van der Waals surface area contributed by atoms with Crippen molar-refractivity contribution >= 4 is 10.9 Å². The Morgan fingerprint density at radius 3 is 2.66 bits per heavy atom. The molecular weight excluding hydrogens is 417 g/mol. The van der Waals surface area contributed by atoms with E-state index in [9.17, 15) is 13.2 Å². The van der Waals surface area contributed by atoms with Crippen LogP contribution in [0.15, 0.2) is 48.5 Å². The summed E-state index contributed by atoms with van der Waals surface area (Å²) in [5, 5.41) is 4.19. The highest BCUT2D eigenvalue weighted by molar-refractivity contribution is 5.85. The molecule has 2 atom stereocenters. The van der Waals surface area contributed by atoms with Gasteiger partial charge in [0.15, 0.2) is 0 Å². The topological polar surface area (TPSA) is 66.3 Å². The Morgan fingerprint density at radius 1 is 1.12 bits per heavy atom. The van der Waals surface area contributed by atoms with Crippen LogP contribution in [0.2, 0.25) is 0 Å². The molecule has 3 aromatic rings. The van der Waals surface area contributed by atoms with Crippen LogP contribution in [-0.2, 0) is 6.42 Å². The van der Waals surface area contributed by atoms with Gasteiger partial charge < -0.3 is 20.8 Å². The third kappa shape index (κ3) is 4.92. The summed E-state index contributed by atoms with van der Waals surface area (Å²) in [5.74, 6) is 0.693. The molecule has 0 saturated heterocycles. The van der Waals surface area contributed by atoms with Crippen molar-refractivity contribution in [2.45, 2.75) is 31.5 Å². The zero-order chi connectivity index (χ0) is 22.5. The Balaban J connectivity index is 1.57. The number of fused-ring (bicyclic) bond motifs is 3. The Kier molecular flexibility index (Phi) is 7.34. The molecule has 0 unspecified atom stereocenters. The summed E-state index contributed by atoms with van der Waals surface area (Å²) < 4.78 is 44.7. The smallest absolute Gasteiger partial charge is 0.251 e. The second kappa shape index (κ2) is 10.4. The van der Waals surface area contributed by atoms with E-state index in [0.29, 0.717) is 38.3 Å². The number of nitrogens with two attached hydrogens (primary N) is 1. The molecule has 8 heteroatoms. The van der Waals surface area contributed by atoms with Crippen LogP contribution in [0.1, 0.15) is 29.3 Å². The number of nitrogens with one attached hydrogen (secondary N) is 2. The number of halogens is 3. The lowest BCUT2D eigenvalue weighted by molar-refractivity contribution is 0.0422. The summed E-state index contributed by atoms with van der Waals surface area (Å²) in [4.78, 5) is 5.13. The Hall–Kier alpha value is -2.55. The highest BCUT2D eigenvalue weighted by Crippen LogP contribution is 2.40. The molecule has 32 heavy (non-hydrogen) atoms. The summed E-state index contributed by atoms with van der Waals surface area (Å²) in [7, 11) is 0. The van der Waals surface area contributed by atoms with Crippen LogP contribution in [0, 0.1) is 0 Å². The van der Waals surface area contributed by atoms with Gasteiger partial charge in [-0.3, -0.25) is 9.29 Å². The largest absolute Gasteiger partial charge is 0.492 e. The molecule has 1 aliphatic heterocycles. The SMILES string of the molecule is N[C@@H]1Cc2c([nH]c3ccccc23)[C@@H](c2ccc(OCCNCCCF)cc2)N1CC(F)F.